The second-order valence-electron chi connectivity index (χ2n) is 7.12. The first-order valence-corrected chi connectivity index (χ1v) is 8.07. The normalized spacial score (nSPS) is 26.9. The first kappa shape index (κ1) is 15.8. The van der Waals surface area contributed by atoms with Gasteiger partial charge in [-0.3, -0.25) is 0 Å². The molecule has 1 aromatic rings. The summed E-state index contributed by atoms with van der Waals surface area (Å²) in [6.07, 6.45) is 2.24. The van der Waals surface area contributed by atoms with E-state index >= 15 is 0 Å². The molecule has 2 heterocycles. The number of rotatable bonds is 3. The second kappa shape index (κ2) is 5.87. The lowest BCUT2D eigenvalue weighted by Crippen LogP contribution is -2.41. The third-order valence-electron chi connectivity index (χ3n) is 4.80. The fraction of sp³-hybridized carbons (Fsp3) is 0.647. The molecular weight excluding hydrogens is 279 g/mol. The zero-order valence-corrected chi connectivity index (χ0v) is 13.9. The summed E-state index contributed by atoms with van der Waals surface area (Å²) in [4.78, 5) is 0. The van der Waals surface area contributed by atoms with E-state index in [0.29, 0.717) is 6.61 Å². The molecule has 0 N–H and O–H groups in total. The van der Waals surface area contributed by atoms with Crippen molar-refractivity contribution < 1.29 is 18.8 Å². The molecule has 2 aliphatic rings. The van der Waals surface area contributed by atoms with Crippen LogP contribution in [0.4, 0.5) is 0 Å². The highest BCUT2D eigenvalue weighted by Gasteiger charge is 2.51. The van der Waals surface area contributed by atoms with Crippen LogP contribution in [0, 0.1) is 0 Å². The summed E-state index contributed by atoms with van der Waals surface area (Å²) in [7, 11) is -0.351. The van der Waals surface area contributed by atoms with E-state index in [-0.39, 0.29) is 24.4 Å². The molecule has 0 aromatic heterocycles. The smallest absolute Gasteiger partial charge is 0.488 e. The van der Waals surface area contributed by atoms with Crippen LogP contribution in [0.25, 0.3) is 0 Å². The van der Waals surface area contributed by atoms with Crippen molar-refractivity contribution in [1.82, 2.24) is 0 Å². The van der Waals surface area contributed by atoms with Gasteiger partial charge in [-0.05, 0) is 58.1 Å². The van der Waals surface area contributed by atoms with Crippen LogP contribution in [0.3, 0.4) is 0 Å². The average molecular weight is 304 g/mol. The van der Waals surface area contributed by atoms with Gasteiger partial charge in [0, 0.05) is 6.61 Å². The van der Waals surface area contributed by atoms with Gasteiger partial charge in [0.15, 0.2) is 0 Å². The van der Waals surface area contributed by atoms with E-state index < -0.39 is 0 Å². The van der Waals surface area contributed by atoms with Gasteiger partial charge >= 0.3 is 7.12 Å². The SMILES string of the molecule is CC1(C)OB(c2cccc(OC3CCCOC3)c2)OC1(C)C. The van der Waals surface area contributed by atoms with Gasteiger partial charge in [0.2, 0.25) is 0 Å². The van der Waals surface area contributed by atoms with Crippen LogP contribution >= 0.6 is 0 Å². The molecule has 5 heteroatoms. The zero-order chi connectivity index (χ0) is 15.8. The Morgan fingerprint density at radius 1 is 1.14 bits per heavy atom. The monoisotopic (exact) mass is 304 g/mol. The molecule has 120 valence electrons. The average Bonchev–Trinajstić information content (AvgIpc) is 2.69. The van der Waals surface area contributed by atoms with E-state index in [2.05, 4.69) is 27.7 Å². The van der Waals surface area contributed by atoms with Crippen molar-refractivity contribution in [3.8, 4) is 5.75 Å². The minimum absolute atomic E-state index is 0.141. The topological polar surface area (TPSA) is 36.9 Å². The van der Waals surface area contributed by atoms with Gasteiger partial charge in [0.1, 0.15) is 11.9 Å². The van der Waals surface area contributed by atoms with Crippen molar-refractivity contribution in [2.75, 3.05) is 13.2 Å². The summed E-state index contributed by atoms with van der Waals surface area (Å²) in [5.74, 6) is 0.850. The summed E-state index contributed by atoms with van der Waals surface area (Å²) in [6.45, 7) is 9.76. The van der Waals surface area contributed by atoms with Crippen molar-refractivity contribution in [2.45, 2.75) is 57.8 Å². The summed E-state index contributed by atoms with van der Waals surface area (Å²) >= 11 is 0. The first-order valence-electron chi connectivity index (χ1n) is 8.07. The van der Waals surface area contributed by atoms with Crippen LogP contribution in [0.15, 0.2) is 24.3 Å². The van der Waals surface area contributed by atoms with Crippen molar-refractivity contribution in [2.24, 2.45) is 0 Å². The van der Waals surface area contributed by atoms with E-state index in [1.807, 2.05) is 24.3 Å². The molecule has 0 radical (unpaired) electrons. The molecule has 0 aliphatic carbocycles. The third-order valence-corrected chi connectivity index (χ3v) is 4.80. The fourth-order valence-corrected chi connectivity index (χ4v) is 2.71. The highest BCUT2D eigenvalue weighted by atomic mass is 16.7. The molecule has 1 aromatic carbocycles. The van der Waals surface area contributed by atoms with Crippen molar-refractivity contribution >= 4 is 12.6 Å². The Morgan fingerprint density at radius 2 is 1.86 bits per heavy atom. The van der Waals surface area contributed by atoms with Crippen LogP contribution in [0.1, 0.15) is 40.5 Å². The Labute approximate surface area is 133 Å². The summed E-state index contributed by atoms with van der Waals surface area (Å²) in [6, 6.07) is 7.99. The largest absolute Gasteiger partial charge is 0.494 e. The van der Waals surface area contributed by atoms with E-state index in [1.165, 1.54) is 0 Å². The summed E-state index contributed by atoms with van der Waals surface area (Å²) in [5, 5.41) is 0. The molecule has 1 unspecified atom stereocenters. The first-order chi connectivity index (χ1) is 10.4. The molecule has 2 fully saturated rings. The Kier molecular flexibility index (Phi) is 4.23. The lowest BCUT2D eigenvalue weighted by Gasteiger charge is -2.32. The van der Waals surface area contributed by atoms with Gasteiger partial charge in [-0.2, -0.15) is 0 Å². The van der Waals surface area contributed by atoms with Gasteiger partial charge in [-0.1, -0.05) is 12.1 Å². The maximum absolute atomic E-state index is 6.09. The van der Waals surface area contributed by atoms with Crippen LogP contribution in [0.5, 0.6) is 5.75 Å². The number of ether oxygens (including phenoxy) is 2. The minimum Gasteiger partial charge on any atom is -0.488 e. The Balaban J connectivity index is 1.72. The lowest BCUT2D eigenvalue weighted by molar-refractivity contribution is 0.00578. The van der Waals surface area contributed by atoms with Gasteiger partial charge < -0.3 is 18.8 Å². The standard InChI is InChI=1S/C17H25BO4/c1-16(2)17(3,4)22-18(21-16)13-7-5-8-14(11-13)20-15-9-6-10-19-12-15/h5,7-8,11,15H,6,9-10,12H2,1-4H3. The van der Waals surface area contributed by atoms with Crippen molar-refractivity contribution in [3.05, 3.63) is 24.3 Å². The second-order valence-corrected chi connectivity index (χ2v) is 7.12. The minimum atomic E-state index is -0.351. The van der Waals surface area contributed by atoms with E-state index in [1.54, 1.807) is 0 Å². The van der Waals surface area contributed by atoms with Crippen molar-refractivity contribution in [3.63, 3.8) is 0 Å². The number of hydrogen-bond acceptors (Lipinski definition) is 4. The predicted molar refractivity (Wildman–Crippen MR) is 86.6 cm³/mol. The molecule has 0 bridgehead atoms. The fourth-order valence-electron chi connectivity index (χ4n) is 2.71. The van der Waals surface area contributed by atoms with E-state index in [9.17, 15) is 0 Å². The molecule has 2 aliphatic heterocycles. The molecular formula is C17H25BO4. The highest BCUT2D eigenvalue weighted by Crippen LogP contribution is 2.36. The van der Waals surface area contributed by atoms with Gasteiger partial charge in [-0.15, -0.1) is 0 Å². The molecule has 2 saturated heterocycles. The Hall–Kier alpha value is -1.04. The number of benzene rings is 1. The quantitative estimate of drug-likeness (QED) is 0.804. The summed E-state index contributed by atoms with van der Waals surface area (Å²) in [5.41, 5.74) is 0.338. The molecule has 0 spiro atoms. The molecule has 3 rings (SSSR count). The maximum Gasteiger partial charge on any atom is 0.494 e. The molecule has 22 heavy (non-hydrogen) atoms. The Bertz CT molecular complexity index is 507. The molecule has 0 saturated carbocycles. The molecule has 4 nitrogen and oxygen atoms in total. The molecule has 0 amide bonds. The predicted octanol–water partition coefficient (Wildman–Crippen LogP) is 2.54. The van der Waals surface area contributed by atoms with Crippen molar-refractivity contribution in [1.29, 1.82) is 0 Å². The van der Waals surface area contributed by atoms with E-state index in [4.69, 9.17) is 18.8 Å². The van der Waals surface area contributed by atoms with E-state index in [0.717, 1.165) is 30.7 Å². The van der Waals surface area contributed by atoms with Crippen LogP contribution in [-0.4, -0.2) is 37.6 Å². The number of hydrogen-bond donors (Lipinski definition) is 0. The third kappa shape index (κ3) is 3.17. The van der Waals surface area contributed by atoms with Gasteiger partial charge in [0.05, 0.1) is 17.8 Å². The zero-order valence-electron chi connectivity index (χ0n) is 13.9. The van der Waals surface area contributed by atoms with Crippen LogP contribution in [-0.2, 0) is 14.0 Å². The lowest BCUT2D eigenvalue weighted by atomic mass is 9.79. The van der Waals surface area contributed by atoms with Crippen LogP contribution < -0.4 is 10.2 Å². The molecule has 1 atom stereocenters. The highest BCUT2D eigenvalue weighted by molar-refractivity contribution is 6.62. The van der Waals surface area contributed by atoms with Gasteiger partial charge in [0.25, 0.3) is 0 Å². The summed E-state index contributed by atoms with van der Waals surface area (Å²) < 4.78 is 23.7. The van der Waals surface area contributed by atoms with Crippen LogP contribution in [0.2, 0.25) is 0 Å². The maximum atomic E-state index is 6.09. The van der Waals surface area contributed by atoms with Gasteiger partial charge in [-0.25, -0.2) is 0 Å². The Morgan fingerprint density at radius 3 is 2.50 bits per heavy atom.